The number of esters is 1. The molecule has 18 heavy (non-hydrogen) atoms. The highest BCUT2D eigenvalue weighted by molar-refractivity contribution is 8.76. The number of carbonyl (C=O) groups excluding carboxylic acids is 1. The second kappa shape index (κ2) is 8.48. The summed E-state index contributed by atoms with van der Waals surface area (Å²) in [7, 11) is 3.51. The smallest absolute Gasteiger partial charge is 0.338 e. The lowest BCUT2D eigenvalue weighted by atomic mass is 10.1. The Balaban J connectivity index is 2.49. The molecule has 0 radical (unpaired) electrons. The van der Waals surface area contributed by atoms with Crippen molar-refractivity contribution < 1.29 is 9.53 Å². The Morgan fingerprint density at radius 2 is 2.00 bits per heavy atom. The molecular formula is C14H20O2S2. The van der Waals surface area contributed by atoms with Gasteiger partial charge in [-0.05, 0) is 24.3 Å². The van der Waals surface area contributed by atoms with Crippen molar-refractivity contribution in [2.75, 3.05) is 12.9 Å². The zero-order chi connectivity index (χ0) is 13.4. The van der Waals surface area contributed by atoms with Gasteiger partial charge in [-0.15, -0.1) is 0 Å². The first-order valence-corrected chi connectivity index (χ1v) is 8.72. The van der Waals surface area contributed by atoms with Crippen LogP contribution in [0.5, 0.6) is 0 Å². The fourth-order valence-electron chi connectivity index (χ4n) is 1.49. The summed E-state index contributed by atoms with van der Waals surface area (Å²) < 4.78 is 5.39. The zero-order valence-electron chi connectivity index (χ0n) is 11.1. The average Bonchev–Trinajstić information content (AvgIpc) is 2.43. The normalized spacial score (nSPS) is 13.9. The molecular weight excluding hydrogens is 264 g/mol. The molecule has 2 nitrogen and oxygen atoms in total. The molecule has 0 amide bonds. The number of carbonyl (C=O) groups is 1. The Morgan fingerprint density at radius 1 is 1.33 bits per heavy atom. The van der Waals surface area contributed by atoms with Crippen LogP contribution in [-0.4, -0.2) is 24.1 Å². The van der Waals surface area contributed by atoms with Gasteiger partial charge in [-0.3, -0.25) is 0 Å². The van der Waals surface area contributed by atoms with Crippen LogP contribution in [-0.2, 0) is 4.74 Å². The molecule has 0 N–H and O–H groups in total. The van der Waals surface area contributed by atoms with Crippen LogP contribution < -0.4 is 0 Å². The Hall–Kier alpha value is -0.610. The molecule has 0 bridgehead atoms. The van der Waals surface area contributed by atoms with Crippen LogP contribution in [0.3, 0.4) is 0 Å². The minimum absolute atomic E-state index is 0.231. The monoisotopic (exact) mass is 284 g/mol. The van der Waals surface area contributed by atoms with E-state index in [4.69, 9.17) is 4.74 Å². The van der Waals surface area contributed by atoms with Gasteiger partial charge < -0.3 is 4.74 Å². The Bertz CT molecular complexity index is 354. The topological polar surface area (TPSA) is 26.3 Å². The molecule has 2 atom stereocenters. The highest BCUT2D eigenvalue weighted by Gasteiger charge is 2.18. The van der Waals surface area contributed by atoms with Crippen molar-refractivity contribution in [3.63, 3.8) is 0 Å². The van der Waals surface area contributed by atoms with Crippen LogP contribution >= 0.6 is 21.6 Å². The van der Waals surface area contributed by atoms with Gasteiger partial charge in [0, 0.05) is 0 Å². The van der Waals surface area contributed by atoms with Crippen LogP contribution in [0.15, 0.2) is 30.3 Å². The molecule has 1 rings (SSSR count). The first-order valence-electron chi connectivity index (χ1n) is 6.10. The Labute approximate surface area is 117 Å². The van der Waals surface area contributed by atoms with Gasteiger partial charge >= 0.3 is 5.97 Å². The van der Waals surface area contributed by atoms with Gasteiger partial charge in [-0.1, -0.05) is 60.1 Å². The fraction of sp³-hybridized carbons (Fsp3) is 0.500. The summed E-state index contributed by atoms with van der Waals surface area (Å²) in [6, 6.07) is 9.14. The van der Waals surface area contributed by atoms with Crippen molar-refractivity contribution in [3.05, 3.63) is 35.9 Å². The first-order chi connectivity index (χ1) is 8.69. The third kappa shape index (κ3) is 4.94. The van der Waals surface area contributed by atoms with E-state index in [1.54, 1.807) is 33.7 Å². The van der Waals surface area contributed by atoms with Gasteiger partial charge in [0.2, 0.25) is 0 Å². The van der Waals surface area contributed by atoms with E-state index in [9.17, 15) is 4.79 Å². The standard InChI is InChI=1S/C14H20O2S2/c1-4-11(2)13(18-17-3)10-16-14(15)12-8-6-5-7-9-12/h5-9,11,13H,4,10H2,1-3H3. The molecule has 4 heteroatoms. The zero-order valence-corrected chi connectivity index (χ0v) is 12.7. The maximum absolute atomic E-state index is 11.8. The Kier molecular flexibility index (Phi) is 7.28. The van der Waals surface area contributed by atoms with Gasteiger partial charge in [0.05, 0.1) is 10.8 Å². The molecule has 1 aromatic carbocycles. The maximum atomic E-state index is 11.8. The van der Waals surface area contributed by atoms with Crippen molar-refractivity contribution in [1.29, 1.82) is 0 Å². The Morgan fingerprint density at radius 3 is 2.56 bits per heavy atom. The second-order valence-corrected chi connectivity index (χ2v) is 6.86. The van der Waals surface area contributed by atoms with Crippen molar-refractivity contribution in [2.45, 2.75) is 25.5 Å². The minimum atomic E-state index is -0.231. The molecule has 0 heterocycles. The molecule has 0 aromatic heterocycles. The summed E-state index contributed by atoms with van der Waals surface area (Å²) >= 11 is 0. The van der Waals surface area contributed by atoms with E-state index in [0.29, 0.717) is 23.3 Å². The quantitative estimate of drug-likeness (QED) is 0.552. The maximum Gasteiger partial charge on any atom is 0.338 e. The SMILES string of the molecule is CCC(C)C(COC(=O)c1ccccc1)SSC. The fourth-order valence-corrected chi connectivity index (χ4v) is 3.72. The summed E-state index contributed by atoms with van der Waals surface area (Å²) in [6.45, 7) is 4.84. The summed E-state index contributed by atoms with van der Waals surface area (Å²) in [6.07, 6.45) is 3.15. The number of hydrogen-bond acceptors (Lipinski definition) is 4. The van der Waals surface area contributed by atoms with Gasteiger partial charge in [0.25, 0.3) is 0 Å². The van der Waals surface area contributed by atoms with Gasteiger partial charge in [-0.2, -0.15) is 0 Å². The molecule has 100 valence electrons. The highest BCUT2D eigenvalue weighted by Crippen LogP contribution is 2.30. The first kappa shape index (κ1) is 15.4. The molecule has 1 aromatic rings. The predicted octanol–water partition coefficient (Wildman–Crippen LogP) is 4.27. The average molecular weight is 284 g/mol. The number of hydrogen-bond donors (Lipinski definition) is 0. The van der Waals surface area contributed by atoms with E-state index >= 15 is 0 Å². The molecule has 0 spiro atoms. The lowest BCUT2D eigenvalue weighted by Gasteiger charge is -2.20. The molecule has 0 saturated carbocycles. The highest BCUT2D eigenvalue weighted by atomic mass is 33.1. The van der Waals surface area contributed by atoms with Crippen LogP contribution in [0, 0.1) is 5.92 Å². The molecule has 0 saturated heterocycles. The molecule has 0 aliphatic carbocycles. The minimum Gasteiger partial charge on any atom is -0.461 e. The summed E-state index contributed by atoms with van der Waals surface area (Å²) in [5.74, 6) is 0.316. The van der Waals surface area contributed by atoms with E-state index in [1.165, 1.54) is 0 Å². The molecule has 0 fully saturated rings. The van der Waals surface area contributed by atoms with Crippen LogP contribution in [0.1, 0.15) is 30.6 Å². The number of benzene rings is 1. The van der Waals surface area contributed by atoms with Gasteiger partial charge in [0.15, 0.2) is 0 Å². The molecule has 0 aliphatic rings. The summed E-state index contributed by atoms with van der Waals surface area (Å²) in [4.78, 5) is 11.8. The van der Waals surface area contributed by atoms with Crippen LogP contribution in [0.2, 0.25) is 0 Å². The van der Waals surface area contributed by atoms with E-state index in [0.717, 1.165) is 6.42 Å². The van der Waals surface area contributed by atoms with E-state index in [-0.39, 0.29) is 5.97 Å². The van der Waals surface area contributed by atoms with Crippen molar-refractivity contribution in [1.82, 2.24) is 0 Å². The van der Waals surface area contributed by atoms with Gasteiger partial charge in [-0.25, -0.2) is 4.79 Å². The van der Waals surface area contributed by atoms with E-state index in [1.807, 2.05) is 18.2 Å². The predicted molar refractivity (Wildman–Crippen MR) is 81.1 cm³/mol. The van der Waals surface area contributed by atoms with Crippen LogP contribution in [0.25, 0.3) is 0 Å². The third-order valence-electron chi connectivity index (χ3n) is 2.89. The van der Waals surface area contributed by atoms with Crippen molar-refractivity contribution >= 4 is 27.6 Å². The number of rotatable bonds is 7. The lowest BCUT2D eigenvalue weighted by Crippen LogP contribution is -2.22. The lowest BCUT2D eigenvalue weighted by molar-refractivity contribution is 0.0493. The third-order valence-corrected chi connectivity index (χ3v) is 5.25. The van der Waals surface area contributed by atoms with Crippen molar-refractivity contribution in [3.8, 4) is 0 Å². The summed E-state index contributed by atoms with van der Waals surface area (Å²) in [5.41, 5.74) is 0.620. The second-order valence-electron chi connectivity index (χ2n) is 4.15. The van der Waals surface area contributed by atoms with E-state index < -0.39 is 0 Å². The molecule has 2 unspecified atom stereocenters. The summed E-state index contributed by atoms with van der Waals surface area (Å²) in [5, 5.41) is 0.359. The van der Waals surface area contributed by atoms with E-state index in [2.05, 4.69) is 20.1 Å². The number of ether oxygens (including phenoxy) is 1. The molecule has 0 aliphatic heterocycles. The van der Waals surface area contributed by atoms with Gasteiger partial charge in [0.1, 0.15) is 6.61 Å². The van der Waals surface area contributed by atoms with Crippen LogP contribution in [0.4, 0.5) is 0 Å². The largest absolute Gasteiger partial charge is 0.461 e. The van der Waals surface area contributed by atoms with Crippen molar-refractivity contribution in [2.24, 2.45) is 5.92 Å².